The van der Waals surface area contributed by atoms with Crippen LogP contribution in [0.15, 0.2) is 60.9 Å². The summed E-state index contributed by atoms with van der Waals surface area (Å²) in [6.07, 6.45) is 5.70. The molecule has 0 fully saturated rings. The number of aromatic nitrogens is 2. The smallest absolute Gasteiger partial charge is 0.0888 e. The lowest BCUT2D eigenvalue weighted by atomic mass is 10.1. The van der Waals surface area contributed by atoms with Crippen LogP contribution in [0, 0.1) is 13.8 Å². The van der Waals surface area contributed by atoms with Gasteiger partial charge < -0.3 is 0 Å². The van der Waals surface area contributed by atoms with Crippen molar-refractivity contribution in [2.75, 3.05) is 0 Å². The van der Waals surface area contributed by atoms with Crippen molar-refractivity contribution in [2.24, 2.45) is 0 Å². The summed E-state index contributed by atoms with van der Waals surface area (Å²) in [5.74, 6) is 0. The first-order valence-electron chi connectivity index (χ1n) is 7.65. The second kappa shape index (κ2) is 6.52. The van der Waals surface area contributed by atoms with Crippen LogP contribution in [0.2, 0.25) is 0 Å². The van der Waals surface area contributed by atoms with Gasteiger partial charge in [0, 0.05) is 11.8 Å². The van der Waals surface area contributed by atoms with Crippen LogP contribution >= 0.6 is 0 Å². The molecule has 3 rings (SSSR count). The van der Waals surface area contributed by atoms with Crippen LogP contribution in [0.25, 0.3) is 11.3 Å². The van der Waals surface area contributed by atoms with E-state index in [1.54, 1.807) is 0 Å². The average molecular weight is 288 g/mol. The lowest BCUT2D eigenvalue weighted by molar-refractivity contribution is 0.899. The molecule has 0 bridgehead atoms. The highest BCUT2D eigenvalue weighted by Crippen LogP contribution is 2.20. The lowest BCUT2D eigenvalue weighted by Crippen LogP contribution is -1.97. The van der Waals surface area contributed by atoms with Gasteiger partial charge in [0.2, 0.25) is 0 Å². The Hall–Kier alpha value is -2.48. The second-order valence-electron chi connectivity index (χ2n) is 5.69. The van der Waals surface area contributed by atoms with Crippen molar-refractivity contribution in [2.45, 2.75) is 26.7 Å². The molecule has 3 aromatic rings. The molecule has 0 spiro atoms. The predicted octanol–water partition coefficient (Wildman–Crippen LogP) is 4.55. The zero-order valence-corrected chi connectivity index (χ0v) is 13.1. The zero-order chi connectivity index (χ0) is 15.4. The molecule has 0 amide bonds. The third kappa shape index (κ3) is 3.40. The molecule has 2 heteroatoms. The Morgan fingerprint density at radius 2 is 1.55 bits per heavy atom. The van der Waals surface area contributed by atoms with E-state index in [4.69, 9.17) is 0 Å². The quantitative estimate of drug-likeness (QED) is 0.704. The predicted molar refractivity (Wildman–Crippen MR) is 90.8 cm³/mol. The molecule has 0 aliphatic rings. The van der Waals surface area contributed by atoms with Gasteiger partial charge in [-0.3, -0.25) is 9.97 Å². The fraction of sp³-hybridized carbons (Fsp3) is 0.200. The summed E-state index contributed by atoms with van der Waals surface area (Å²) in [6, 6.07) is 16.9. The van der Waals surface area contributed by atoms with Gasteiger partial charge in [-0.25, -0.2) is 0 Å². The second-order valence-corrected chi connectivity index (χ2v) is 5.69. The Morgan fingerprint density at radius 1 is 0.773 bits per heavy atom. The first kappa shape index (κ1) is 14.5. The van der Waals surface area contributed by atoms with E-state index < -0.39 is 0 Å². The Morgan fingerprint density at radius 3 is 2.23 bits per heavy atom. The third-order valence-corrected chi connectivity index (χ3v) is 3.92. The number of nitrogens with zero attached hydrogens (tertiary/aromatic N) is 2. The largest absolute Gasteiger partial charge is 0.257 e. The van der Waals surface area contributed by atoms with Gasteiger partial charge >= 0.3 is 0 Å². The highest BCUT2D eigenvalue weighted by atomic mass is 14.8. The average Bonchev–Trinajstić information content (AvgIpc) is 2.55. The van der Waals surface area contributed by atoms with E-state index in [9.17, 15) is 0 Å². The zero-order valence-electron chi connectivity index (χ0n) is 13.1. The van der Waals surface area contributed by atoms with Gasteiger partial charge in [0.1, 0.15) is 0 Å². The van der Waals surface area contributed by atoms with Crippen molar-refractivity contribution in [1.82, 2.24) is 9.97 Å². The molecule has 22 heavy (non-hydrogen) atoms. The van der Waals surface area contributed by atoms with E-state index in [-0.39, 0.29) is 0 Å². The first-order valence-corrected chi connectivity index (χ1v) is 7.65. The molecule has 2 aromatic carbocycles. The van der Waals surface area contributed by atoms with Crippen molar-refractivity contribution >= 4 is 0 Å². The topological polar surface area (TPSA) is 25.8 Å². The molecule has 0 saturated carbocycles. The summed E-state index contributed by atoms with van der Waals surface area (Å²) < 4.78 is 0. The maximum absolute atomic E-state index is 4.57. The minimum atomic E-state index is 0.921. The van der Waals surface area contributed by atoms with Crippen LogP contribution in [0.5, 0.6) is 0 Å². The lowest BCUT2D eigenvalue weighted by Gasteiger charge is -2.06. The summed E-state index contributed by atoms with van der Waals surface area (Å²) in [5, 5.41) is 0. The van der Waals surface area contributed by atoms with Crippen LogP contribution in [0.4, 0.5) is 0 Å². The highest BCUT2D eigenvalue weighted by molar-refractivity contribution is 5.62. The third-order valence-electron chi connectivity index (χ3n) is 3.92. The van der Waals surface area contributed by atoms with E-state index in [2.05, 4.69) is 60.2 Å². The molecule has 0 aliphatic heterocycles. The maximum atomic E-state index is 4.57. The van der Waals surface area contributed by atoms with Crippen LogP contribution < -0.4 is 0 Å². The summed E-state index contributed by atoms with van der Waals surface area (Å²) in [7, 11) is 0. The Bertz CT molecular complexity index is 743. The Balaban J connectivity index is 1.69. The van der Waals surface area contributed by atoms with Crippen molar-refractivity contribution in [3.63, 3.8) is 0 Å². The van der Waals surface area contributed by atoms with Gasteiger partial charge in [-0.05, 0) is 37.8 Å². The fourth-order valence-electron chi connectivity index (χ4n) is 2.51. The molecule has 110 valence electrons. The van der Waals surface area contributed by atoms with Gasteiger partial charge in [0.15, 0.2) is 0 Å². The van der Waals surface area contributed by atoms with Gasteiger partial charge in [-0.1, -0.05) is 54.1 Å². The molecule has 0 aliphatic carbocycles. The van der Waals surface area contributed by atoms with Crippen LogP contribution in [0.3, 0.4) is 0 Å². The van der Waals surface area contributed by atoms with Crippen LogP contribution in [0.1, 0.15) is 22.4 Å². The normalized spacial score (nSPS) is 10.6. The molecule has 0 unspecified atom stereocenters. The van der Waals surface area contributed by atoms with Gasteiger partial charge in [0.05, 0.1) is 17.6 Å². The van der Waals surface area contributed by atoms with Gasteiger partial charge in [-0.2, -0.15) is 0 Å². The van der Waals surface area contributed by atoms with Crippen molar-refractivity contribution in [3.05, 3.63) is 83.3 Å². The molecule has 1 heterocycles. The standard InChI is InChI=1S/C20H20N2/c1-15-7-9-17(10-8-15)11-12-18-13-22-20(14-21-18)19-6-4-3-5-16(19)2/h3-10,13-14H,11-12H2,1-2H3. The Labute approximate surface area is 131 Å². The molecule has 2 nitrogen and oxygen atoms in total. The maximum Gasteiger partial charge on any atom is 0.0888 e. The summed E-state index contributed by atoms with van der Waals surface area (Å²) >= 11 is 0. The molecule has 0 saturated heterocycles. The minimum absolute atomic E-state index is 0.921. The highest BCUT2D eigenvalue weighted by Gasteiger charge is 2.04. The summed E-state index contributed by atoms with van der Waals surface area (Å²) in [6.45, 7) is 4.21. The van der Waals surface area contributed by atoms with Crippen molar-refractivity contribution in [1.29, 1.82) is 0 Å². The molecule has 0 atom stereocenters. The van der Waals surface area contributed by atoms with E-state index >= 15 is 0 Å². The minimum Gasteiger partial charge on any atom is -0.257 e. The van der Waals surface area contributed by atoms with E-state index in [0.717, 1.165) is 29.8 Å². The van der Waals surface area contributed by atoms with Crippen molar-refractivity contribution < 1.29 is 0 Å². The first-order chi connectivity index (χ1) is 10.7. The molecular formula is C20H20N2. The van der Waals surface area contributed by atoms with E-state index in [1.807, 2.05) is 24.5 Å². The van der Waals surface area contributed by atoms with Gasteiger partial charge in [0.25, 0.3) is 0 Å². The summed E-state index contributed by atoms with van der Waals surface area (Å²) in [5.41, 5.74) is 7.00. The Kier molecular flexibility index (Phi) is 4.29. The van der Waals surface area contributed by atoms with E-state index in [0.29, 0.717) is 0 Å². The van der Waals surface area contributed by atoms with E-state index in [1.165, 1.54) is 16.7 Å². The number of hydrogen-bond donors (Lipinski definition) is 0. The van der Waals surface area contributed by atoms with Crippen LogP contribution in [-0.4, -0.2) is 9.97 Å². The molecule has 0 radical (unpaired) electrons. The number of rotatable bonds is 4. The van der Waals surface area contributed by atoms with Gasteiger partial charge in [-0.15, -0.1) is 0 Å². The molecular weight excluding hydrogens is 268 g/mol. The monoisotopic (exact) mass is 288 g/mol. The fourth-order valence-corrected chi connectivity index (χ4v) is 2.51. The number of hydrogen-bond acceptors (Lipinski definition) is 2. The number of aryl methyl sites for hydroxylation is 4. The molecule has 1 aromatic heterocycles. The SMILES string of the molecule is Cc1ccc(CCc2cnc(-c3ccccc3C)cn2)cc1. The summed E-state index contributed by atoms with van der Waals surface area (Å²) in [4.78, 5) is 9.14. The number of benzene rings is 2. The molecule has 0 N–H and O–H groups in total. The van der Waals surface area contributed by atoms with Crippen LogP contribution in [-0.2, 0) is 12.8 Å². The van der Waals surface area contributed by atoms with Crippen molar-refractivity contribution in [3.8, 4) is 11.3 Å².